The highest BCUT2D eigenvalue weighted by molar-refractivity contribution is 5.30. The van der Waals surface area contributed by atoms with Gasteiger partial charge in [0.05, 0.1) is 18.9 Å². The molecular weight excluding hydrogens is 180 g/mol. The molecule has 0 unspecified atom stereocenters. The normalized spacial score (nSPS) is 15.6. The summed E-state index contributed by atoms with van der Waals surface area (Å²) in [6.45, 7) is 5.28. The number of nitrogens with zero attached hydrogens (tertiary/aromatic N) is 1. The van der Waals surface area contributed by atoms with Crippen molar-refractivity contribution in [2.24, 2.45) is 0 Å². The molecule has 1 aliphatic rings. The van der Waals surface area contributed by atoms with Crippen molar-refractivity contribution < 1.29 is 4.74 Å². The third-order valence-corrected chi connectivity index (χ3v) is 2.52. The Labute approximate surface area is 82.3 Å². The molecule has 1 N–H and O–H groups in total. The van der Waals surface area contributed by atoms with Crippen LogP contribution in [0.3, 0.4) is 0 Å². The average molecular weight is 194 g/mol. The minimum absolute atomic E-state index is 0.107. The molecule has 0 atom stereocenters. The van der Waals surface area contributed by atoms with E-state index in [1.165, 1.54) is 0 Å². The number of aromatic nitrogens is 2. The molecule has 0 bridgehead atoms. The molecule has 14 heavy (non-hydrogen) atoms. The van der Waals surface area contributed by atoms with Crippen LogP contribution in [0.4, 0.5) is 0 Å². The Hall–Kier alpha value is -1.16. The SMILES string of the molecule is CC(C)c1n[nH]c(=O)c2c1CCOC2. The molecule has 4 heteroatoms. The largest absolute Gasteiger partial charge is 0.376 e. The fourth-order valence-electron chi connectivity index (χ4n) is 1.80. The van der Waals surface area contributed by atoms with Crippen LogP contribution < -0.4 is 5.56 Å². The van der Waals surface area contributed by atoms with E-state index < -0.39 is 0 Å². The van der Waals surface area contributed by atoms with Crippen LogP contribution in [-0.4, -0.2) is 16.8 Å². The van der Waals surface area contributed by atoms with Crippen molar-refractivity contribution in [3.63, 3.8) is 0 Å². The predicted octanol–water partition coefficient (Wildman–Crippen LogP) is 0.966. The molecule has 0 fully saturated rings. The monoisotopic (exact) mass is 194 g/mol. The van der Waals surface area contributed by atoms with Crippen LogP contribution in [0.15, 0.2) is 4.79 Å². The van der Waals surface area contributed by atoms with Gasteiger partial charge in [-0.15, -0.1) is 0 Å². The molecule has 0 saturated heterocycles. The van der Waals surface area contributed by atoms with Crippen LogP contribution in [-0.2, 0) is 17.8 Å². The molecule has 1 aromatic rings. The van der Waals surface area contributed by atoms with Gasteiger partial charge in [0.2, 0.25) is 0 Å². The average Bonchev–Trinajstić information content (AvgIpc) is 2.18. The summed E-state index contributed by atoms with van der Waals surface area (Å²) < 4.78 is 5.26. The van der Waals surface area contributed by atoms with Crippen LogP contribution >= 0.6 is 0 Å². The summed E-state index contributed by atoms with van der Waals surface area (Å²) >= 11 is 0. The molecule has 76 valence electrons. The lowest BCUT2D eigenvalue weighted by atomic mass is 9.97. The summed E-state index contributed by atoms with van der Waals surface area (Å²) in [5.74, 6) is 0.346. The van der Waals surface area contributed by atoms with E-state index in [4.69, 9.17) is 4.74 Å². The Morgan fingerprint density at radius 2 is 2.21 bits per heavy atom. The number of hydrogen-bond acceptors (Lipinski definition) is 3. The first kappa shape index (κ1) is 9.40. The lowest BCUT2D eigenvalue weighted by Crippen LogP contribution is -2.25. The van der Waals surface area contributed by atoms with Crippen LogP contribution in [0.5, 0.6) is 0 Å². The van der Waals surface area contributed by atoms with Crippen LogP contribution in [0, 0.1) is 0 Å². The van der Waals surface area contributed by atoms with E-state index in [9.17, 15) is 4.79 Å². The Balaban J connectivity index is 2.59. The van der Waals surface area contributed by atoms with Crippen molar-refractivity contribution in [3.8, 4) is 0 Å². The van der Waals surface area contributed by atoms with E-state index in [-0.39, 0.29) is 5.56 Å². The maximum Gasteiger partial charge on any atom is 0.269 e. The summed E-state index contributed by atoms with van der Waals surface area (Å²) in [5, 5.41) is 6.62. The summed E-state index contributed by atoms with van der Waals surface area (Å²) in [4.78, 5) is 11.4. The van der Waals surface area contributed by atoms with Gasteiger partial charge in [0.1, 0.15) is 0 Å². The molecule has 0 spiro atoms. The van der Waals surface area contributed by atoms with Crippen molar-refractivity contribution in [1.82, 2.24) is 10.2 Å². The van der Waals surface area contributed by atoms with Gasteiger partial charge in [-0.2, -0.15) is 5.10 Å². The van der Waals surface area contributed by atoms with Crippen LogP contribution in [0.25, 0.3) is 0 Å². The third kappa shape index (κ3) is 1.46. The zero-order chi connectivity index (χ0) is 10.1. The van der Waals surface area contributed by atoms with Gasteiger partial charge >= 0.3 is 0 Å². The molecule has 2 heterocycles. The first-order valence-corrected chi connectivity index (χ1v) is 4.88. The topological polar surface area (TPSA) is 55.0 Å². The Morgan fingerprint density at radius 3 is 2.93 bits per heavy atom. The minimum Gasteiger partial charge on any atom is -0.376 e. The van der Waals surface area contributed by atoms with Crippen LogP contribution in [0.2, 0.25) is 0 Å². The smallest absolute Gasteiger partial charge is 0.269 e. The van der Waals surface area contributed by atoms with E-state index in [1.807, 2.05) is 0 Å². The van der Waals surface area contributed by atoms with Crippen molar-refractivity contribution in [2.75, 3.05) is 6.61 Å². The van der Waals surface area contributed by atoms with E-state index >= 15 is 0 Å². The first-order valence-electron chi connectivity index (χ1n) is 4.88. The summed E-state index contributed by atoms with van der Waals surface area (Å²) in [7, 11) is 0. The number of fused-ring (bicyclic) bond motifs is 1. The molecule has 0 amide bonds. The summed E-state index contributed by atoms with van der Waals surface area (Å²) in [5.41, 5.74) is 2.75. The van der Waals surface area contributed by atoms with Gasteiger partial charge in [-0.1, -0.05) is 13.8 Å². The number of aromatic amines is 1. The predicted molar refractivity (Wildman–Crippen MR) is 52.3 cm³/mol. The highest BCUT2D eigenvalue weighted by Crippen LogP contribution is 2.21. The standard InChI is InChI=1S/C10H14N2O2/c1-6(2)9-7-3-4-14-5-8(7)10(13)12-11-9/h6H,3-5H2,1-2H3,(H,12,13). The molecule has 1 aliphatic heterocycles. The second-order valence-corrected chi connectivity index (χ2v) is 3.85. The fraction of sp³-hybridized carbons (Fsp3) is 0.600. The molecule has 0 aliphatic carbocycles. The minimum atomic E-state index is -0.107. The van der Waals surface area contributed by atoms with Gasteiger partial charge in [-0.05, 0) is 17.9 Å². The molecule has 0 aromatic carbocycles. The first-order chi connectivity index (χ1) is 6.70. The molecule has 0 saturated carbocycles. The van der Waals surface area contributed by atoms with Gasteiger partial charge < -0.3 is 4.74 Å². The van der Waals surface area contributed by atoms with Crippen molar-refractivity contribution in [2.45, 2.75) is 32.8 Å². The number of rotatable bonds is 1. The number of hydrogen-bond donors (Lipinski definition) is 1. The van der Waals surface area contributed by atoms with E-state index in [2.05, 4.69) is 24.0 Å². The highest BCUT2D eigenvalue weighted by Gasteiger charge is 2.19. The van der Waals surface area contributed by atoms with E-state index in [1.54, 1.807) is 0 Å². The zero-order valence-corrected chi connectivity index (χ0v) is 8.46. The molecule has 1 aromatic heterocycles. The van der Waals surface area contributed by atoms with E-state index in [0.29, 0.717) is 19.1 Å². The lowest BCUT2D eigenvalue weighted by Gasteiger charge is -2.19. The van der Waals surface area contributed by atoms with Gasteiger partial charge in [-0.3, -0.25) is 4.79 Å². The second kappa shape index (κ2) is 3.53. The Bertz CT molecular complexity index is 396. The molecule has 4 nitrogen and oxygen atoms in total. The number of H-pyrrole nitrogens is 1. The summed E-state index contributed by atoms with van der Waals surface area (Å²) in [6.07, 6.45) is 0.805. The van der Waals surface area contributed by atoms with Gasteiger partial charge in [0.25, 0.3) is 5.56 Å². The van der Waals surface area contributed by atoms with Crippen LogP contribution in [0.1, 0.15) is 36.6 Å². The van der Waals surface area contributed by atoms with Gasteiger partial charge in [-0.25, -0.2) is 5.10 Å². The molecular formula is C10H14N2O2. The molecule has 2 rings (SSSR count). The fourth-order valence-corrected chi connectivity index (χ4v) is 1.80. The Kier molecular flexibility index (Phi) is 2.37. The van der Waals surface area contributed by atoms with Gasteiger partial charge in [0, 0.05) is 5.56 Å². The van der Waals surface area contributed by atoms with Crippen molar-refractivity contribution in [1.29, 1.82) is 0 Å². The highest BCUT2D eigenvalue weighted by atomic mass is 16.5. The summed E-state index contributed by atoms with van der Waals surface area (Å²) in [6, 6.07) is 0. The lowest BCUT2D eigenvalue weighted by molar-refractivity contribution is 0.108. The quantitative estimate of drug-likeness (QED) is 0.724. The van der Waals surface area contributed by atoms with E-state index in [0.717, 1.165) is 23.2 Å². The number of ether oxygens (including phenoxy) is 1. The Morgan fingerprint density at radius 1 is 1.43 bits per heavy atom. The maximum absolute atomic E-state index is 11.4. The maximum atomic E-state index is 11.4. The second-order valence-electron chi connectivity index (χ2n) is 3.85. The van der Waals surface area contributed by atoms with Crippen molar-refractivity contribution >= 4 is 0 Å². The van der Waals surface area contributed by atoms with Crippen molar-refractivity contribution in [3.05, 3.63) is 27.2 Å². The van der Waals surface area contributed by atoms with Gasteiger partial charge in [0.15, 0.2) is 0 Å². The molecule has 0 radical (unpaired) electrons. The third-order valence-electron chi connectivity index (χ3n) is 2.52. The number of nitrogens with one attached hydrogen (secondary N) is 1. The zero-order valence-electron chi connectivity index (χ0n) is 8.46.